The summed E-state index contributed by atoms with van der Waals surface area (Å²) in [6.45, 7) is 10.1. The Morgan fingerprint density at radius 3 is 2.70 bits per heavy atom. The molecule has 0 saturated heterocycles. The van der Waals surface area contributed by atoms with E-state index in [9.17, 15) is 4.79 Å². The molecule has 1 N–H and O–H groups in total. The number of carbonyl (C=O) groups excluding carboxylic acids is 1. The second-order valence-corrected chi connectivity index (χ2v) is 7.95. The fourth-order valence-corrected chi connectivity index (χ4v) is 3.53. The monoisotopic (exact) mass is 367 g/mol. The van der Waals surface area contributed by atoms with Gasteiger partial charge in [0.25, 0.3) is 5.91 Å². The molecule has 1 aliphatic heterocycles. The Morgan fingerprint density at radius 2 is 2.00 bits per heavy atom. The van der Waals surface area contributed by atoms with E-state index in [0.29, 0.717) is 6.42 Å². The summed E-state index contributed by atoms with van der Waals surface area (Å²) in [7, 11) is 0. The first-order valence-corrected chi connectivity index (χ1v) is 9.61. The van der Waals surface area contributed by atoms with Crippen LogP contribution in [-0.4, -0.2) is 17.6 Å². The van der Waals surface area contributed by atoms with Crippen LogP contribution < -0.4 is 14.8 Å². The number of hydrogen-bond donors (Lipinski definition) is 1. The highest BCUT2D eigenvalue weighted by Gasteiger charge is 2.35. The summed E-state index contributed by atoms with van der Waals surface area (Å²) in [5, 5.41) is 3.20. The number of carbonyl (C=O) groups is 1. The van der Waals surface area contributed by atoms with Crippen molar-refractivity contribution in [1.29, 1.82) is 0 Å². The smallest absolute Gasteiger partial charge is 0.261 e. The summed E-state index contributed by atoms with van der Waals surface area (Å²) in [6.07, 6.45) is 0.800. The molecule has 2 atom stereocenters. The van der Waals surface area contributed by atoms with Crippen molar-refractivity contribution in [1.82, 2.24) is 5.32 Å². The third-order valence-electron chi connectivity index (χ3n) is 4.97. The molecule has 0 aliphatic carbocycles. The molecule has 0 bridgehead atoms. The third-order valence-corrected chi connectivity index (χ3v) is 4.97. The number of benzene rings is 2. The molecule has 3 rings (SSSR count). The molecule has 0 saturated carbocycles. The van der Waals surface area contributed by atoms with Crippen LogP contribution in [0.25, 0.3) is 0 Å². The maximum atomic E-state index is 13.0. The highest BCUT2D eigenvalue weighted by Crippen LogP contribution is 2.40. The minimum absolute atomic E-state index is 0.0871. The second kappa shape index (κ2) is 7.63. The summed E-state index contributed by atoms with van der Waals surface area (Å²) in [4.78, 5) is 13.0. The number of para-hydroxylation sites is 1. The lowest BCUT2D eigenvalue weighted by atomic mass is 9.88. The number of aryl methyl sites for hydroxylation is 2. The van der Waals surface area contributed by atoms with Gasteiger partial charge in [0.15, 0.2) is 6.10 Å². The maximum Gasteiger partial charge on any atom is 0.261 e. The van der Waals surface area contributed by atoms with Gasteiger partial charge in [-0.05, 0) is 51.8 Å². The van der Waals surface area contributed by atoms with Crippen molar-refractivity contribution >= 4 is 5.91 Å². The molecule has 0 aromatic heterocycles. The van der Waals surface area contributed by atoms with Crippen LogP contribution in [0.2, 0.25) is 0 Å². The van der Waals surface area contributed by atoms with Crippen LogP contribution >= 0.6 is 0 Å². The Morgan fingerprint density at radius 1 is 1.26 bits per heavy atom. The number of ether oxygens (including phenoxy) is 2. The van der Waals surface area contributed by atoms with E-state index in [1.807, 2.05) is 50.2 Å². The standard InChI is InChI=1S/C23H29NO3/c1-6-19(26-20-10-8-7-9-16(20)3)22(25)24-18-14-23(4,5)27-21-12-11-15(2)13-17(18)21/h7-13,18-19H,6,14H2,1-5H3,(H,24,25). The van der Waals surface area contributed by atoms with Gasteiger partial charge in [-0.2, -0.15) is 0 Å². The Bertz CT molecular complexity index is 828. The van der Waals surface area contributed by atoms with Crippen molar-refractivity contribution in [2.75, 3.05) is 0 Å². The molecule has 2 unspecified atom stereocenters. The number of fused-ring (bicyclic) bond motifs is 1. The van der Waals surface area contributed by atoms with Crippen molar-refractivity contribution in [2.45, 2.75) is 65.2 Å². The lowest BCUT2D eigenvalue weighted by Gasteiger charge is -2.38. The summed E-state index contributed by atoms with van der Waals surface area (Å²) < 4.78 is 12.1. The summed E-state index contributed by atoms with van der Waals surface area (Å²) in [6, 6.07) is 13.8. The number of amides is 1. The Labute approximate surface area is 161 Å². The molecule has 2 aromatic rings. The average molecular weight is 367 g/mol. The molecular formula is C23H29NO3. The third kappa shape index (κ3) is 4.44. The molecule has 0 radical (unpaired) electrons. The lowest BCUT2D eigenvalue weighted by Crippen LogP contribution is -2.45. The van der Waals surface area contributed by atoms with Gasteiger partial charge in [-0.25, -0.2) is 0 Å². The van der Waals surface area contributed by atoms with Gasteiger partial charge in [0, 0.05) is 12.0 Å². The Hall–Kier alpha value is -2.49. The van der Waals surface area contributed by atoms with E-state index in [0.717, 1.165) is 34.6 Å². The highest BCUT2D eigenvalue weighted by atomic mass is 16.5. The largest absolute Gasteiger partial charge is 0.487 e. The van der Waals surface area contributed by atoms with Crippen LogP contribution in [0.5, 0.6) is 11.5 Å². The van der Waals surface area contributed by atoms with Crippen molar-refractivity contribution < 1.29 is 14.3 Å². The number of rotatable bonds is 5. The molecule has 4 nitrogen and oxygen atoms in total. The minimum Gasteiger partial charge on any atom is -0.487 e. The molecule has 0 fully saturated rings. The zero-order valence-corrected chi connectivity index (χ0v) is 16.8. The summed E-state index contributed by atoms with van der Waals surface area (Å²) in [5.41, 5.74) is 2.88. The predicted octanol–water partition coefficient (Wildman–Crippen LogP) is 4.88. The Balaban J connectivity index is 1.80. The van der Waals surface area contributed by atoms with Crippen molar-refractivity contribution in [3.05, 3.63) is 59.2 Å². The number of nitrogens with one attached hydrogen (secondary N) is 1. The molecule has 1 amide bonds. The lowest BCUT2D eigenvalue weighted by molar-refractivity contribution is -0.129. The summed E-state index contributed by atoms with van der Waals surface area (Å²) >= 11 is 0. The minimum atomic E-state index is -0.523. The molecule has 1 aliphatic rings. The van der Waals surface area contributed by atoms with E-state index >= 15 is 0 Å². The van der Waals surface area contributed by atoms with Crippen LogP contribution in [0.15, 0.2) is 42.5 Å². The van der Waals surface area contributed by atoms with Gasteiger partial charge in [-0.3, -0.25) is 4.79 Å². The van der Waals surface area contributed by atoms with E-state index in [1.54, 1.807) is 0 Å². The van der Waals surface area contributed by atoms with Crippen molar-refractivity contribution in [3.8, 4) is 11.5 Å². The maximum absolute atomic E-state index is 13.0. The SMILES string of the molecule is CCC(Oc1ccccc1C)C(=O)NC1CC(C)(C)Oc2ccc(C)cc21. The summed E-state index contributed by atoms with van der Waals surface area (Å²) in [5.74, 6) is 1.51. The molecule has 1 heterocycles. The fourth-order valence-electron chi connectivity index (χ4n) is 3.53. The molecule has 2 aromatic carbocycles. The van der Waals surface area contributed by atoms with E-state index in [2.05, 4.69) is 32.2 Å². The van der Waals surface area contributed by atoms with Gasteiger partial charge < -0.3 is 14.8 Å². The average Bonchev–Trinajstić information content (AvgIpc) is 2.61. The van der Waals surface area contributed by atoms with Crippen LogP contribution in [0.1, 0.15) is 56.3 Å². The van der Waals surface area contributed by atoms with Gasteiger partial charge in [-0.1, -0.05) is 42.8 Å². The van der Waals surface area contributed by atoms with E-state index < -0.39 is 6.10 Å². The van der Waals surface area contributed by atoms with E-state index in [-0.39, 0.29) is 17.6 Å². The van der Waals surface area contributed by atoms with Crippen LogP contribution in [-0.2, 0) is 4.79 Å². The van der Waals surface area contributed by atoms with E-state index in [1.165, 1.54) is 0 Å². The quantitative estimate of drug-likeness (QED) is 0.819. The highest BCUT2D eigenvalue weighted by molar-refractivity contribution is 5.81. The van der Waals surface area contributed by atoms with E-state index in [4.69, 9.17) is 9.47 Å². The zero-order valence-electron chi connectivity index (χ0n) is 16.8. The topological polar surface area (TPSA) is 47.6 Å². The van der Waals surface area contributed by atoms with Crippen LogP contribution in [0.3, 0.4) is 0 Å². The molecule has 27 heavy (non-hydrogen) atoms. The molecular weight excluding hydrogens is 338 g/mol. The van der Waals surface area contributed by atoms with Gasteiger partial charge in [-0.15, -0.1) is 0 Å². The second-order valence-electron chi connectivity index (χ2n) is 7.95. The predicted molar refractivity (Wildman–Crippen MR) is 107 cm³/mol. The molecule has 0 spiro atoms. The molecule has 144 valence electrons. The first-order chi connectivity index (χ1) is 12.8. The van der Waals surface area contributed by atoms with Gasteiger partial charge >= 0.3 is 0 Å². The zero-order chi connectivity index (χ0) is 19.6. The van der Waals surface area contributed by atoms with Crippen LogP contribution in [0, 0.1) is 13.8 Å². The first-order valence-electron chi connectivity index (χ1n) is 9.61. The normalized spacial score (nSPS) is 18.8. The molecule has 4 heteroatoms. The Kier molecular flexibility index (Phi) is 5.45. The van der Waals surface area contributed by atoms with Crippen LogP contribution in [0.4, 0.5) is 0 Å². The number of hydrogen-bond acceptors (Lipinski definition) is 3. The first kappa shape index (κ1) is 19.3. The van der Waals surface area contributed by atoms with Gasteiger partial charge in [0.2, 0.25) is 0 Å². The van der Waals surface area contributed by atoms with Gasteiger partial charge in [0.1, 0.15) is 17.1 Å². The van der Waals surface area contributed by atoms with Crippen molar-refractivity contribution in [3.63, 3.8) is 0 Å². The fraction of sp³-hybridized carbons (Fsp3) is 0.435. The van der Waals surface area contributed by atoms with Crippen molar-refractivity contribution in [2.24, 2.45) is 0 Å². The van der Waals surface area contributed by atoms with Gasteiger partial charge in [0.05, 0.1) is 6.04 Å².